The Morgan fingerprint density at radius 2 is 1.77 bits per heavy atom. The second-order valence-corrected chi connectivity index (χ2v) is 7.70. The molecule has 2 amide bonds. The number of carboxylic acid groups (broad SMARTS) is 1. The van der Waals surface area contributed by atoms with Gasteiger partial charge in [0.25, 0.3) is 0 Å². The number of benzene rings is 2. The lowest BCUT2D eigenvalue weighted by Crippen LogP contribution is -2.42. The number of urea groups is 1. The molecule has 2 aromatic carbocycles. The monoisotopic (exact) mass is 390 g/mol. The van der Waals surface area contributed by atoms with Gasteiger partial charge in [-0.1, -0.05) is 29.4 Å². The SMILES string of the molecule is O=C(O)C1CCN(C(=O)Nc2cccc(Sc3ccc(Cl)cc3)c2)CC1. The smallest absolute Gasteiger partial charge is 0.321 e. The van der Waals surface area contributed by atoms with Gasteiger partial charge in [0, 0.05) is 33.6 Å². The van der Waals surface area contributed by atoms with E-state index in [1.807, 2.05) is 48.5 Å². The summed E-state index contributed by atoms with van der Waals surface area (Å²) in [6.07, 6.45) is 0.990. The first-order valence-electron chi connectivity index (χ1n) is 8.33. The van der Waals surface area contributed by atoms with Crippen molar-refractivity contribution in [3.8, 4) is 0 Å². The number of anilines is 1. The molecule has 0 bridgehead atoms. The number of aliphatic carboxylic acids is 1. The van der Waals surface area contributed by atoms with Crippen molar-refractivity contribution in [2.24, 2.45) is 5.92 Å². The summed E-state index contributed by atoms with van der Waals surface area (Å²) in [7, 11) is 0. The summed E-state index contributed by atoms with van der Waals surface area (Å²) in [6.45, 7) is 0.921. The molecule has 0 aromatic heterocycles. The van der Waals surface area contributed by atoms with E-state index >= 15 is 0 Å². The number of rotatable bonds is 4. The summed E-state index contributed by atoms with van der Waals surface area (Å²) in [6, 6.07) is 15.0. The molecule has 26 heavy (non-hydrogen) atoms. The standard InChI is InChI=1S/C19H19ClN2O3S/c20-14-4-6-16(7-5-14)26-17-3-1-2-15(12-17)21-19(25)22-10-8-13(9-11-22)18(23)24/h1-7,12-13H,8-11H2,(H,21,25)(H,23,24). The van der Waals surface area contributed by atoms with Gasteiger partial charge in [-0.25, -0.2) is 4.79 Å². The van der Waals surface area contributed by atoms with E-state index in [0.29, 0.717) is 36.6 Å². The zero-order chi connectivity index (χ0) is 18.5. The number of nitrogens with zero attached hydrogens (tertiary/aromatic N) is 1. The minimum atomic E-state index is -0.781. The van der Waals surface area contributed by atoms with Gasteiger partial charge in [0.1, 0.15) is 0 Å². The van der Waals surface area contributed by atoms with Crippen LogP contribution in [0.5, 0.6) is 0 Å². The van der Waals surface area contributed by atoms with Gasteiger partial charge in [0.2, 0.25) is 0 Å². The minimum absolute atomic E-state index is 0.192. The molecule has 2 aromatic rings. The fourth-order valence-corrected chi connectivity index (χ4v) is 3.81. The number of carbonyl (C=O) groups excluding carboxylic acids is 1. The molecule has 136 valence electrons. The summed E-state index contributed by atoms with van der Waals surface area (Å²) >= 11 is 7.49. The van der Waals surface area contributed by atoms with Crippen LogP contribution in [-0.2, 0) is 4.79 Å². The zero-order valence-corrected chi connectivity index (χ0v) is 15.6. The van der Waals surface area contributed by atoms with Crippen molar-refractivity contribution in [2.45, 2.75) is 22.6 Å². The van der Waals surface area contributed by atoms with Crippen LogP contribution in [0.1, 0.15) is 12.8 Å². The second-order valence-electron chi connectivity index (χ2n) is 6.11. The topological polar surface area (TPSA) is 69.6 Å². The van der Waals surface area contributed by atoms with Crippen LogP contribution in [0, 0.1) is 5.92 Å². The van der Waals surface area contributed by atoms with Gasteiger partial charge in [-0.2, -0.15) is 0 Å². The van der Waals surface area contributed by atoms with Crippen LogP contribution in [0.3, 0.4) is 0 Å². The van der Waals surface area contributed by atoms with E-state index in [-0.39, 0.29) is 11.9 Å². The van der Waals surface area contributed by atoms with E-state index in [9.17, 15) is 9.59 Å². The number of halogens is 1. The summed E-state index contributed by atoms with van der Waals surface area (Å²) in [5, 5.41) is 12.6. The van der Waals surface area contributed by atoms with E-state index in [1.54, 1.807) is 16.7 Å². The maximum atomic E-state index is 12.4. The molecule has 3 rings (SSSR count). The van der Waals surface area contributed by atoms with E-state index in [4.69, 9.17) is 16.7 Å². The van der Waals surface area contributed by atoms with E-state index in [0.717, 1.165) is 9.79 Å². The number of carboxylic acids is 1. The fourth-order valence-electron chi connectivity index (χ4n) is 2.81. The van der Waals surface area contributed by atoms with Crippen LogP contribution in [0.4, 0.5) is 10.5 Å². The van der Waals surface area contributed by atoms with Crippen LogP contribution in [0.25, 0.3) is 0 Å². The van der Waals surface area contributed by atoms with Gasteiger partial charge in [0.05, 0.1) is 5.92 Å². The third-order valence-electron chi connectivity index (χ3n) is 4.27. The highest BCUT2D eigenvalue weighted by molar-refractivity contribution is 7.99. The molecule has 0 radical (unpaired) electrons. The summed E-state index contributed by atoms with van der Waals surface area (Å²) in [5.41, 5.74) is 0.717. The molecule has 0 unspecified atom stereocenters. The second kappa shape index (κ2) is 8.47. The first kappa shape index (κ1) is 18.6. The van der Waals surface area contributed by atoms with Gasteiger partial charge in [-0.05, 0) is 55.3 Å². The van der Waals surface area contributed by atoms with Crippen molar-refractivity contribution < 1.29 is 14.7 Å². The van der Waals surface area contributed by atoms with E-state index in [1.165, 1.54) is 0 Å². The minimum Gasteiger partial charge on any atom is -0.481 e. The Bertz CT molecular complexity index is 790. The molecule has 0 spiro atoms. The Labute approximate surface area is 161 Å². The highest BCUT2D eigenvalue weighted by Gasteiger charge is 2.26. The van der Waals surface area contributed by atoms with Crippen LogP contribution in [-0.4, -0.2) is 35.1 Å². The number of hydrogen-bond acceptors (Lipinski definition) is 3. The Kier molecular flexibility index (Phi) is 6.06. The third-order valence-corrected chi connectivity index (χ3v) is 5.52. The number of carbonyl (C=O) groups is 2. The third kappa shape index (κ3) is 4.93. The molecule has 1 saturated heterocycles. The summed E-state index contributed by atoms with van der Waals surface area (Å²) in [5.74, 6) is -1.13. The zero-order valence-electron chi connectivity index (χ0n) is 14.0. The Hall–Kier alpha value is -2.18. The lowest BCUT2D eigenvalue weighted by Gasteiger charge is -2.30. The maximum absolute atomic E-state index is 12.4. The molecule has 5 nitrogen and oxygen atoms in total. The molecule has 0 saturated carbocycles. The van der Waals surface area contributed by atoms with Crippen molar-refractivity contribution in [2.75, 3.05) is 18.4 Å². The molecule has 7 heteroatoms. The Balaban J connectivity index is 1.59. The van der Waals surface area contributed by atoms with Crippen molar-refractivity contribution >= 4 is 41.1 Å². The predicted octanol–water partition coefficient (Wildman–Crippen LogP) is 4.82. The van der Waals surface area contributed by atoms with Crippen LogP contribution in [0.15, 0.2) is 58.3 Å². The Morgan fingerprint density at radius 3 is 2.42 bits per heavy atom. The van der Waals surface area contributed by atoms with Crippen LogP contribution < -0.4 is 5.32 Å². The van der Waals surface area contributed by atoms with Gasteiger partial charge >= 0.3 is 12.0 Å². The Morgan fingerprint density at radius 1 is 1.08 bits per heavy atom. The largest absolute Gasteiger partial charge is 0.481 e. The molecule has 1 aliphatic heterocycles. The number of hydrogen-bond donors (Lipinski definition) is 2. The first-order valence-corrected chi connectivity index (χ1v) is 9.53. The first-order chi connectivity index (χ1) is 12.5. The fraction of sp³-hybridized carbons (Fsp3) is 0.263. The average Bonchev–Trinajstić information content (AvgIpc) is 2.64. The number of amides is 2. The predicted molar refractivity (Wildman–Crippen MR) is 103 cm³/mol. The summed E-state index contributed by atoms with van der Waals surface area (Å²) in [4.78, 5) is 27.1. The lowest BCUT2D eigenvalue weighted by molar-refractivity contribution is -0.143. The van der Waals surface area contributed by atoms with E-state index in [2.05, 4.69) is 5.32 Å². The maximum Gasteiger partial charge on any atom is 0.321 e. The van der Waals surface area contributed by atoms with Crippen molar-refractivity contribution in [1.29, 1.82) is 0 Å². The average molecular weight is 391 g/mol. The number of nitrogens with one attached hydrogen (secondary N) is 1. The normalized spacial score (nSPS) is 14.9. The van der Waals surface area contributed by atoms with Crippen LogP contribution in [0.2, 0.25) is 5.02 Å². The number of likely N-dealkylation sites (tertiary alicyclic amines) is 1. The molecule has 1 heterocycles. The van der Waals surface area contributed by atoms with Crippen molar-refractivity contribution in [3.63, 3.8) is 0 Å². The molecule has 1 aliphatic rings. The highest BCUT2D eigenvalue weighted by atomic mass is 35.5. The number of piperidine rings is 1. The summed E-state index contributed by atoms with van der Waals surface area (Å²) < 4.78 is 0. The molecule has 0 aliphatic carbocycles. The van der Waals surface area contributed by atoms with Gasteiger partial charge in [-0.15, -0.1) is 0 Å². The van der Waals surface area contributed by atoms with Crippen LogP contribution >= 0.6 is 23.4 Å². The lowest BCUT2D eigenvalue weighted by atomic mass is 9.97. The van der Waals surface area contributed by atoms with E-state index < -0.39 is 5.97 Å². The quantitative estimate of drug-likeness (QED) is 0.785. The highest BCUT2D eigenvalue weighted by Crippen LogP contribution is 2.30. The molecule has 1 fully saturated rings. The van der Waals surface area contributed by atoms with Crippen molar-refractivity contribution in [3.05, 3.63) is 53.6 Å². The van der Waals surface area contributed by atoms with Crippen molar-refractivity contribution in [1.82, 2.24) is 4.90 Å². The van der Waals surface area contributed by atoms with Gasteiger partial charge in [-0.3, -0.25) is 4.79 Å². The molecular formula is C19H19ClN2O3S. The molecule has 2 N–H and O–H groups in total. The molecular weight excluding hydrogens is 372 g/mol. The van der Waals surface area contributed by atoms with Gasteiger partial charge in [0.15, 0.2) is 0 Å². The molecule has 0 atom stereocenters. The van der Waals surface area contributed by atoms with Gasteiger partial charge < -0.3 is 15.3 Å².